The zero-order chi connectivity index (χ0) is 13.9. The topological polar surface area (TPSA) is 30.5 Å². The first-order valence-electron chi connectivity index (χ1n) is 6.91. The molecule has 3 nitrogen and oxygen atoms in total. The van der Waals surface area contributed by atoms with Gasteiger partial charge in [0.2, 0.25) is 0 Å². The van der Waals surface area contributed by atoms with Crippen molar-refractivity contribution in [2.45, 2.75) is 26.7 Å². The summed E-state index contributed by atoms with van der Waals surface area (Å²) in [7, 11) is 0. The lowest BCUT2D eigenvalue weighted by Crippen LogP contribution is -2.25. The average molecular weight is 286 g/mol. The number of rotatable bonds is 10. The third kappa shape index (κ3) is 7.41. The van der Waals surface area contributed by atoms with Crippen LogP contribution in [0.3, 0.4) is 0 Å². The summed E-state index contributed by atoms with van der Waals surface area (Å²) in [5.74, 6) is 0.894. The van der Waals surface area contributed by atoms with Crippen LogP contribution in [0, 0.1) is 6.92 Å². The van der Waals surface area contributed by atoms with Crippen molar-refractivity contribution in [2.75, 3.05) is 32.9 Å². The molecule has 0 saturated heterocycles. The lowest BCUT2D eigenvalue weighted by atomic mass is 10.2. The summed E-state index contributed by atoms with van der Waals surface area (Å²) in [6.45, 7) is 8.12. The number of halogens is 1. The molecule has 0 bridgehead atoms. The molecule has 0 amide bonds. The van der Waals surface area contributed by atoms with E-state index in [4.69, 9.17) is 21.1 Å². The highest BCUT2D eigenvalue weighted by molar-refractivity contribution is 6.30. The number of benzene rings is 1. The summed E-state index contributed by atoms with van der Waals surface area (Å²) in [4.78, 5) is 0. The molecule has 0 atom stereocenters. The van der Waals surface area contributed by atoms with E-state index in [0.29, 0.717) is 6.61 Å². The summed E-state index contributed by atoms with van der Waals surface area (Å²) in [6.07, 6.45) is 2.32. The minimum absolute atomic E-state index is 0.650. The third-order valence-corrected chi connectivity index (χ3v) is 2.97. The second-order valence-electron chi connectivity index (χ2n) is 4.47. The van der Waals surface area contributed by atoms with Crippen LogP contribution in [0.5, 0.6) is 5.75 Å². The Balaban J connectivity index is 2.01. The fourth-order valence-corrected chi connectivity index (χ4v) is 1.85. The van der Waals surface area contributed by atoms with Crippen LogP contribution in [0.15, 0.2) is 18.2 Å². The average Bonchev–Trinajstić information content (AvgIpc) is 2.39. The Morgan fingerprint density at radius 3 is 2.68 bits per heavy atom. The first-order valence-corrected chi connectivity index (χ1v) is 7.29. The van der Waals surface area contributed by atoms with E-state index in [-0.39, 0.29) is 0 Å². The Labute approximate surface area is 121 Å². The SMILES string of the molecule is CCCCOCCNCCOc1ccc(Cl)cc1C. The van der Waals surface area contributed by atoms with Crippen molar-refractivity contribution in [1.29, 1.82) is 0 Å². The standard InChI is InChI=1S/C15H24ClNO2/c1-3-4-9-18-10-7-17-8-11-19-15-6-5-14(16)12-13(15)2/h5-6,12,17H,3-4,7-11H2,1-2H3. The van der Waals surface area contributed by atoms with E-state index in [2.05, 4.69) is 12.2 Å². The van der Waals surface area contributed by atoms with Crippen LogP contribution in [-0.4, -0.2) is 32.9 Å². The maximum Gasteiger partial charge on any atom is 0.122 e. The summed E-state index contributed by atoms with van der Waals surface area (Å²) in [5, 5.41) is 4.03. The lowest BCUT2D eigenvalue weighted by molar-refractivity contribution is 0.132. The number of hydrogen-bond acceptors (Lipinski definition) is 3. The van der Waals surface area contributed by atoms with Gasteiger partial charge >= 0.3 is 0 Å². The Morgan fingerprint density at radius 2 is 1.95 bits per heavy atom. The minimum atomic E-state index is 0.650. The van der Waals surface area contributed by atoms with Crippen LogP contribution in [0.4, 0.5) is 0 Å². The molecule has 0 aliphatic heterocycles. The second-order valence-corrected chi connectivity index (χ2v) is 4.91. The molecule has 1 aromatic carbocycles. The van der Waals surface area contributed by atoms with Gasteiger partial charge in [0.1, 0.15) is 12.4 Å². The highest BCUT2D eigenvalue weighted by atomic mass is 35.5. The fraction of sp³-hybridized carbons (Fsp3) is 0.600. The Hall–Kier alpha value is -0.770. The van der Waals surface area contributed by atoms with Crippen molar-refractivity contribution in [3.05, 3.63) is 28.8 Å². The van der Waals surface area contributed by atoms with Gasteiger partial charge in [0, 0.05) is 24.7 Å². The van der Waals surface area contributed by atoms with Crippen LogP contribution < -0.4 is 10.1 Å². The molecule has 0 spiro atoms. The van der Waals surface area contributed by atoms with Gasteiger partial charge < -0.3 is 14.8 Å². The van der Waals surface area contributed by atoms with E-state index < -0.39 is 0 Å². The maximum absolute atomic E-state index is 5.89. The zero-order valence-electron chi connectivity index (χ0n) is 11.9. The van der Waals surface area contributed by atoms with Crippen molar-refractivity contribution < 1.29 is 9.47 Å². The molecule has 0 aromatic heterocycles. The molecule has 108 valence electrons. The highest BCUT2D eigenvalue weighted by Crippen LogP contribution is 2.21. The highest BCUT2D eigenvalue weighted by Gasteiger charge is 1.99. The van der Waals surface area contributed by atoms with E-state index in [1.165, 1.54) is 6.42 Å². The summed E-state index contributed by atoms with van der Waals surface area (Å²) in [6, 6.07) is 5.66. The van der Waals surface area contributed by atoms with E-state index in [1.807, 2.05) is 25.1 Å². The van der Waals surface area contributed by atoms with E-state index in [0.717, 1.165) is 49.1 Å². The summed E-state index contributed by atoms with van der Waals surface area (Å²) < 4.78 is 11.1. The van der Waals surface area contributed by atoms with Gasteiger partial charge in [-0.15, -0.1) is 0 Å². The molecule has 1 aromatic rings. The molecule has 0 aliphatic carbocycles. The van der Waals surface area contributed by atoms with Crippen LogP contribution in [-0.2, 0) is 4.74 Å². The predicted molar refractivity (Wildman–Crippen MR) is 80.3 cm³/mol. The van der Waals surface area contributed by atoms with Crippen molar-refractivity contribution in [3.8, 4) is 5.75 Å². The number of hydrogen-bond donors (Lipinski definition) is 1. The molecule has 0 aliphatic rings. The summed E-state index contributed by atoms with van der Waals surface area (Å²) in [5.41, 5.74) is 1.07. The van der Waals surface area contributed by atoms with Gasteiger partial charge in [-0.05, 0) is 37.1 Å². The van der Waals surface area contributed by atoms with Crippen LogP contribution in [0.1, 0.15) is 25.3 Å². The number of aryl methyl sites for hydroxylation is 1. The van der Waals surface area contributed by atoms with E-state index in [9.17, 15) is 0 Å². The van der Waals surface area contributed by atoms with Gasteiger partial charge in [-0.3, -0.25) is 0 Å². The van der Waals surface area contributed by atoms with E-state index in [1.54, 1.807) is 0 Å². The fourth-order valence-electron chi connectivity index (χ4n) is 1.63. The predicted octanol–water partition coefficient (Wildman–Crippen LogP) is 3.43. The lowest BCUT2D eigenvalue weighted by Gasteiger charge is -2.10. The number of nitrogens with one attached hydrogen (secondary N) is 1. The van der Waals surface area contributed by atoms with Crippen LogP contribution in [0.25, 0.3) is 0 Å². The molecule has 0 unspecified atom stereocenters. The van der Waals surface area contributed by atoms with Gasteiger partial charge in [0.15, 0.2) is 0 Å². The molecule has 4 heteroatoms. The first kappa shape index (κ1) is 16.3. The van der Waals surface area contributed by atoms with Crippen molar-refractivity contribution in [2.24, 2.45) is 0 Å². The van der Waals surface area contributed by atoms with Gasteiger partial charge in [0.05, 0.1) is 6.61 Å². The molecule has 0 fully saturated rings. The van der Waals surface area contributed by atoms with Gasteiger partial charge in [-0.2, -0.15) is 0 Å². The molecule has 19 heavy (non-hydrogen) atoms. The van der Waals surface area contributed by atoms with Crippen LogP contribution >= 0.6 is 11.6 Å². The number of unbranched alkanes of at least 4 members (excludes halogenated alkanes) is 1. The van der Waals surface area contributed by atoms with Gasteiger partial charge in [-0.1, -0.05) is 24.9 Å². The Kier molecular flexibility index (Phi) is 8.63. The Morgan fingerprint density at radius 1 is 1.16 bits per heavy atom. The van der Waals surface area contributed by atoms with E-state index >= 15 is 0 Å². The first-order chi connectivity index (χ1) is 9.24. The largest absolute Gasteiger partial charge is 0.492 e. The molecule has 0 radical (unpaired) electrons. The van der Waals surface area contributed by atoms with Crippen molar-refractivity contribution >= 4 is 11.6 Å². The molecule has 0 heterocycles. The zero-order valence-corrected chi connectivity index (χ0v) is 12.6. The monoisotopic (exact) mass is 285 g/mol. The quantitative estimate of drug-likeness (QED) is 0.668. The smallest absolute Gasteiger partial charge is 0.122 e. The molecule has 1 N–H and O–H groups in total. The van der Waals surface area contributed by atoms with Gasteiger partial charge in [-0.25, -0.2) is 0 Å². The molecular formula is C15H24ClNO2. The van der Waals surface area contributed by atoms with Crippen molar-refractivity contribution in [3.63, 3.8) is 0 Å². The normalized spacial score (nSPS) is 10.7. The molecular weight excluding hydrogens is 262 g/mol. The Bertz CT molecular complexity index is 358. The third-order valence-electron chi connectivity index (χ3n) is 2.74. The maximum atomic E-state index is 5.89. The molecule has 0 saturated carbocycles. The second kappa shape index (κ2) is 10.1. The van der Waals surface area contributed by atoms with Crippen molar-refractivity contribution in [1.82, 2.24) is 5.32 Å². The number of ether oxygens (including phenoxy) is 2. The van der Waals surface area contributed by atoms with Crippen LogP contribution in [0.2, 0.25) is 5.02 Å². The molecule has 1 rings (SSSR count). The van der Waals surface area contributed by atoms with Gasteiger partial charge in [0.25, 0.3) is 0 Å². The minimum Gasteiger partial charge on any atom is -0.492 e. The summed E-state index contributed by atoms with van der Waals surface area (Å²) >= 11 is 5.89.